The maximum absolute atomic E-state index is 12.2. The maximum atomic E-state index is 12.2. The molecule has 0 aliphatic rings. The number of carbonyl (C=O) groups excluding carboxylic acids is 1. The molecule has 0 saturated heterocycles. The zero-order valence-electron chi connectivity index (χ0n) is 13.9. The molecule has 0 fully saturated rings. The first kappa shape index (κ1) is 15.2. The lowest BCUT2D eigenvalue weighted by atomic mass is 10.1. The number of aromatic amines is 1. The number of nitrogens with zero attached hydrogens (tertiary/aromatic N) is 1. The second-order valence-electron chi connectivity index (χ2n) is 5.75. The fourth-order valence-corrected chi connectivity index (χ4v) is 2.93. The number of ether oxygens (including phenoxy) is 1. The molecular formula is C20H16N2O3. The van der Waals surface area contributed by atoms with E-state index < -0.39 is 5.97 Å². The number of esters is 1. The normalized spacial score (nSPS) is 11.0. The van der Waals surface area contributed by atoms with E-state index in [1.807, 2.05) is 61.7 Å². The van der Waals surface area contributed by atoms with Crippen molar-refractivity contribution >= 4 is 16.9 Å². The fourth-order valence-electron chi connectivity index (χ4n) is 2.93. The zero-order valence-corrected chi connectivity index (χ0v) is 13.9. The number of hydrogen-bond acceptors (Lipinski definition) is 4. The van der Waals surface area contributed by atoms with Crippen LogP contribution in [0.1, 0.15) is 16.1 Å². The van der Waals surface area contributed by atoms with Crippen LogP contribution >= 0.6 is 0 Å². The van der Waals surface area contributed by atoms with Crippen molar-refractivity contribution in [3.05, 3.63) is 66.0 Å². The van der Waals surface area contributed by atoms with Crippen molar-refractivity contribution in [2.45, 2.75) is 6.92 Å². The van der Waals surface area contributed by atoms with Crippen LogP contribution in [0, 0.1) is 6.92 Å². The summed E-state index contributed by atoms with van der Waals surface area (Å²) in [6, 6.07) is 15.6. The number of H-pyrrole nitrogens is 1. The molecule has 2 heterocycles. The number of aromatic nitrogens is 2. The Morgan fingerprint density at radius 2 is 1.84 bits per heavy atom. The van der Waals surface area contributed by atoms with Crippen LogP contribution in [-0.4, -0.2) is 23.0 Å². The van der Waals surface area contributed by atoms with E-state index in [2.05, 4.69) is 9.97 Å². The lowest BCUT2D eigenvalue weighted by molar-refractivity contribution is 0.0595. The molecule has 0 unspecified atom stereocenters. The number of rotatable bonds is 3. The highest BCUT2D eigenvalue weighted by atomic mass is 16.5. The Kier molecular flexibility index (Phi) is 3.61. The first-order valence-corrected chi connectivity index (χ1v) is 7.90. The standard InChI is InChI=1S/C20H16N2O3/c1-12-7-3-4-8-13(12)19-22-17(20(23)24-2)18(25-19)15-11-21-16-10-6-5-9-14(15)16/h3-11,21H,1-2H3. The van der Waals surface area contributed by atoms with Gasteiger partial charge >= 0.3 is 5.97 Å². The van der Waals surface area contributed by atoms with Crippen molar-refractivity contribution in [2.24, 2.45) is 0 Å². The SMILES string of the molecule is COC(=O)c1nc(-c2ccccc2C)oc1-c1c[nH]c2ccccc12. The highest BCUT2D eigenvalue weighted by Gasteiger charge is 2.25. The Morgan fingerprint density at radius 3 is 2.64 bits per heavy atom. The van der Waals surface area contributed by atoms with Gasteiger partial charge in [-0.3, -0.25) is 0 Å². The number of carbonyl (C=O) groups is 1. The summed E-state index contributed by atoms with van der Waals surface area (Å²) in [6.45, 7) is 1.97. The maximum Gasteiger partial charge on any atom is 0.360 e. The molecule has 0 spiro atoms. The third kappa shape index (κ3) is 2.50. The molecule has 5 heteroatoms. The summed E-state index contributed by atoms with van der Waals surface area (Å²) in [6.07, 6.45) is 1.82. The van der Waals surface area contributed by atoms with Gasteiger partial charge in [0.05, 0.1) is 7.11 Å². The van der Waals surface area contributed by atoms with Crippen molar-refractivity contribution in [3.63, 3.8) is 0 Å². The van der Waals surface area contributed by atoms with E-state index in [9.17, 15) is 4.79 Å². The molecule has 124 valence electrons. The van der Waals surface area contributed by atoms with Gasteiger partial charge in [0, 0.05) is 28.2 Å². The number of benzene rings is 2. The second kappa shape index (κ2) is 5.94. The molecule has 5 nitrogen and oxygen atoms in total. The molecule has 0 saturated carbocycles. The summed E-state index contributed by atoms with van der Waals surface area (Å²) >= 11 is 0. The first-order chi connectivity index (χ1) is 12.2. The topological polar surface area (TPSA) is 68.1 Å². The van der Waals surface area contributed by atoms with Gasteiger partial charge in [0.25, 0.3) is 0 Å². The number of nitrogens with one attached hydrogen (secondary N) is 1. The summed E-state index contributed by atoms with van der Waals surface area (Å²) in [5.41, 5.74) is 3.78. The first-order valence-electron chi connectivity index (χ1n) is 7.90. The van der Waals surface area contributed by atoms with Gasteiger partial charge in [0.1, 0.15) is 0 Å². The summed E-state index contributed by atoms with van der Waals surface area (Å²) in [7, 11) is 1.34. The van der Waals surface area contributed by atoms with E-state index in [0.717, 1.165) is 27.6 Å². The number of hydrogen-bond donors (Lipinski definition) is 1. The summed E-state index contributed by atoms with van der Waals surface area (Å²) in [5, 5.41) is 0.958. The van der Waals surface area contributed by atoms with Gasteiger partial charge in [-0.05, 0) is 24.6 Å². The summed E-state index contributed by atoms with van der Waals surface area (Å²) in [5.74, 6) is 0.283. The largest absolute Gasteiger partial charge is 0.464 e. The van der Waals surface area contributed by atoms with Gasteiger partial charge in [-0.1, -0.05) is 36.4 Å². The van der Waals surface area contributed by atoms with E-state index >= 15 is 0 Å². The van der Waals surface area contributed by atoms with Crippen molar-refractivity contribution in [1.29, 1.82) is 0 Å². The highest BCUT2D eigenvalue weighted by molar-refractivity contribution is 6.01. The van der Waals surface area contributed by atoms with Gasteiger partial charge < -0.3 is 14.1 Å². The van der Waals surface area contributed by atoms with Crippen LogP contribution in [0.15, 0.2) is 59.1 Å². The number of oxazole rings is 1. The zero-order chi connectivity index (χ0) is 17.4. The van der Waals surface area contributed by atoms with Gasteiger partial charge in [0.15, 0.2) is 11.5 Å². The van der Waals surface area contributed by atoms with Gasteiger partial charge in [0.2, 0.25) is 5.89 Å². The average molecular weight is 332 g/mol. The Bertz CT molecular complexity index is 1080. The fraction of sp³-hybridized carbons (Fsp3) is 0.100. The van der Waals surface area contributed by atoms with Crippen molar-refractivity contribution in [2.75, 3.05) is 7.11 Å². The van der Waals surface area contributed by atoms with Gasteiger partial charge in [-0.25, -0.2) is 9.78 Å². The smallest absolute Gasteiger partial charge is 0.360 e. The molecule has 0 amide bonds. The van der Waals surface area contributed by atoms with Gasteiger partial charge in [-0.15, -0.1) is 0 Å². The van der Waals surface area contributed by atoms with E-state index in [1.54, 1.807) is 0 Å². The molecule has 4 rings (SSSR count). The van der Waals surface area contributed by atoms with E-state index in [1.165, 1.54) is 7.11 Å². The lowest BCUT2D eigenvalue weighted by Crippen LogP contribution is -2.03. The number of fused-ring (bicyclic) bond motifs is 1. The third-order valence-electron chi connectivity index (χ3n) is 4.22. The van der Waals surface area contributed by atoms with Crippen molar-refractivity contribution < 1.29 is 13.9 Å². The monoisotopic (exact) mass is 332 g/mol. The minimum absolute atomic E-state index is 0.172. The quantitative estimate of drug-likeness (QED) is 0.557. The predicted molar refractivity (Wildman–Crippen MR) is 95.3 cm³/mol. The molecule has 25 heavy (non-hydrogen) atoms. The summed E-state index contributed by atoms with van der Waals surface area (Å²) in [4.78, 5) is 19.9. The van der Waals surface area contributed by atoms with Crippen LogP contribution in [0.5, 0.6) is 0 Å². The van der Waals surface area contributed by atoms with Crippen LogP contribution in [-0.2, 0) is 4.74 Å². The van der Waals surface area contributed by atoms with Crippen LogP contribution in [0.25, 0.3) is 33.7 Å². The van der Waals surface area contributed by atoms with Crippen LogP contribution in [0.4, 0.5) is 0 Å². The minimum Gasteiger partial charge on any atom is -0.464 e. The molecule has 0 aliphatic carbocycles. The summed E-state index contributed by atoms with van der Waals surface area (Å²) < 4.78 is 10.9. The molecule has 0 radical (unpaired) electrons. The Morgan fingerprint density at radius 1 is 1.08 bits per heavy atom. The molecule has 2 aromatic carbocycles. The molecule has 0 atom stereocenters. The third-order valence-corrected chi connectivity index (χ3v) is 4.22. The van der Waals surface area contributed by atoms with Gasteiger partial charge in [-0.2, -0.15) is 0 Å². The van der Waals surface area contributed by atoms with Crippen LogP contribution in [0.2, 0.25) is 0 Å². The van der Waals surface area contributed by atoms with Crippen molar-refractivity contribution in [1.82, 2.24) is 9.97 Å². The van der Waals surface area contributed by atoms with Crippen molar-refractivity contribution in [3.8, 4) is 22.8 Å². The van der Waals surface area contributed by atoms with Crippen LogP contribution in [0.3, 0.4) is 0 Å². The molecule has 0 bridgehead atoms. The number of aryl methyl sites for hydroxylation is 1. The Hall–Kier alpha value is -3.34. The molecule has 4 aromatic rings. The number of para-hydroxylation sites is 1. The van der Waals surface area contributed by atoms with E-state index in [-0.39, 0.29) is 5.69 Å². The Labute approximate surface area is 144 Å². The average Bonchev–Trinajstić information content (AvgIpc) is 3.25. The lowest BCUT2D eigenvalue weighted by Gasteiger charge is -1.99. The highest BCUT2D eigenvalue weighted by Crippen LogP contribution is 2.35. The number of methoxy groups -OCH3 is 1. The predicted octanol–water partition coefficient (Wildman–Crippen LogP) is 4.58. The molecule has 2 aromatic heterocycles. The minimum atomic E-state index is -0.524. The van der Waals surface area contributed by atoms with E-state index in [4.69, 9.17) is 9.15 Å². The Balaban J connectivity index is 1.95. The molecular weight excluding hydrogens is 316 g/mol. The molecule has 0 aliphatic heterocycles. The molecule has 1 N–H and O–H groups in total. The second-order valence-corrected chi connectivity index (χ2v) is 5.75. The van der Waals surface area contributed by atoms with E-state index in [0.29, 0.717) is 11.7 Å². The van der Waals surface area contributed by atoms with Crippen LogP contribution < -0.4 is 0 Å².